The van der Waals surface area contributed by atoms with Gasteiger partial charge in [-0.1, -0.05) is 30.3 Å². The summed E-state index contributed by atoms with van der Waals surface area (Å²) in [6.45, 7) is 3.45. The molecule has 0 radical (unpaired) electrons. The highest BCUT2D eigenvalue weighted by Gasteiger charge is 2.31. The van der Waals surface area contributed by atoms with Gasteiger partial charge in [0.05, 0.1) is 11.5 Å². The van der Waals surface area contributed by atoms with Crippen molar-refractivity contribution in [2.24, 2.45) is 11.7 Å². The Hall–Kier alpha value is -1.33. The maximum atomic E-state index is 12.2. The van der Waals surface area contributed by atoms with Crippen molar-refractivity contribution in [3.8, 4) is 0 Å². The molecule has 4 nitrogen and oxygen atoms in total. The van der Waals surface area contributed by atoms with Gasteiger partial charge in [0.2, 0.25) is 5.91 Å². The summed E-state index contributed by atoms with van der Waals surface area (Å²) in [4.78, 5) is 26.0. The number of nitrogens with zero attached hydrogens (tertiary/aromatic N) is 1. The molecule has 1 aromatic rings. The number of thioether (sulfide) groups is 1. The summed E-state index contributed by atoms with van der Waals surface area (Å²) < 4.78 is 0. The summed E-state index contributed by atoms with van der Waals surface area (Å²) >= 11 is 1.39. The minimum atomic E-state index is 0.0719. The molecule has 1 aliphatic heterocycles. The van der Waals surface area contributed by atoms with E-state index in [2.05, 4.69) is 6.92 Å². The number of nitrogens with two attached hydrogens (primary N) is 1. The first kappa shape index (κ1) is 16.0. The lowest BCUT2D eigenvalue weighted by atomic mass is 10.1. The summed E-state index contributed by atoms with van der Waals surface area (Å²) in [7, 11) is 0. The first-order valence-electron chi connectivity index (χ1n) is 7.27. The van der Waals surface area contributed by atoms with E-state index in [0.717, 1.165) is 13.0 Å². The van der Waals surface area contributed by atoms with Crippen LogP contribution in [0.15, 0.2) is 30.3 Å². The standard InChI is InChI=1S/C16H22N2O2S/c1-12-7-13(8-17)9-18(12)16(20)11-21-10-15(19)14-5-3-2-4-6-14/h2-6,12-13H,7-11,17H2,1H3. The quantitative estimate of drug-likeness (QED) is 0.814. The van der Waals surface area contributed by atoms with Crippen molar-refractivity contribution >= 4 is 23.5 Å². The highest BCUT2D eigenvalue weighted by molar-refractivity contribution is 8.00. The highest BCUT2D eigenvalue weighted by Crippen LogP contribution is 2.23. The van der Waals surface area contributed by atoms with Crippen LogP contribution in [0.2, 0.25) is 0 Å². The van der Waals surface area contributed by atoms with E-state index in [4.69, 9.17) is 5.73 Å². The topological polar surface area (TPSA) is 63.4 Å². The normalized spacial score (nSPS) is 21.5. The lowest BCUT2D eigenvalue weighted by Gasteiger charge is -2.21. The fourth-order valence-electron chi connectivity index (χ4n) is 2.68. The molecular weight excluding hydrogens is 284 g/mol. The molecule has 2 atom stereocenters. The molecular formula is C16H22N2O2S. The fourth-order valence-corrected chi connectivity index (χ4v) is 3.48. The van der Waals surface area contributed by atoms with Gasteiger partial charge in [0.1, 0.15) is 0 Å². The van der Waals surface area contributed by atoms with E-state index in [9.17, 15) is 9.59 Å². The third-order valence-electron chi connectivity index (χ3n) is 3.87. The van der Waals surface area contributed by atoms with Crippen molar-refractivity contribution in [2.75, 3.05) is 24.6 Å². The third-order valence-corrected chi connectivity index (χ3v) is 4.79. The summed E-state index contributed by atoms with van der Waals surface area (Å²) in [5.74, 6) is 1.31. The predicted octanol–water partition coefficient (Wildman–Crippen LogP) is 1.80. The van der Waals surface area contributed by atoms with Gasteiger partial charge in [-0.2, -0.15) is 0 Å². The smallest absolute Gasteiger partial charge is 0.232 e. The molecule has 1 fully saturated rings. The molecule has 2 N–H and O–H groups in total. The van der Waals surface area contributed by atoms with Gasteiger partial charge in [0.25, 0.3) is 0 Å². The second-order valence-corrected chi connectivity index (χ2v) is 6.50. The Morgan fingerprint density at radius 1 is 1.29 bits per heavy atom. The number of hydrogen-bond donors (Lipinski definition) is 1. The van der Waals surface area contributed by atoms with Crippen LogP contribution in [0, 0.1) is 5.92 Å². The summed E-state index contributed by atoms with van der Waals surface area (Å²) in [5.41, 5.74) is 6.38. The summed E-state index contributed by atoms with van der Waals surface area (Å²) in [6, 6.07) is 9.45. The number of Topliss-reactive ketones (excluding diaryl/α,β-unsaturated/α-hetero) is 1. The van der Waals surface area contributed by atoms with Crippen LogP contribution in [-0.2, 0) is 4.79 Å². The van der Waals surface area contributed by atoms with Crippen molar-refractivity contribution < 1.29 is 9.59 Å². The van der Waals surface area contributed by atoms with Crippen LogP contribution in [0.4, 0.5) is 0 Å². The summed E-state index contributed by atoms with van der Waals surface area (Å²) in [6.07, 6.45) is 0.982. The van der Waals surface area contributed by atoms with Gasteiger partial charge in [0.15, 0.2) is 5.78 Å². The minimum absolute atomic E-state index is 0.0719. The van der Waals surface area contributed by atoms with Crippen molar-refractivity contribution in [1.82, 2.24) is 4.90 Å². The molecule has 0 aromatic heterocycles. The predicted molar refractivity (Wildman–Crippen MR) is 86.4 cm³/mol. The number of hydrogen-bond acceptors (Lipinski definition) is 4. The molecule has 1 aromatic carbocycles. The summed E-state index contributed by atoms with van der Waals surface area (Å²) in [5, 5.41) is 0. The molecule has 2 rings (SSSR count). The van der Waals surface area contributed by atoms with Gasteiger partial charge in [0, 0.05) is 18.2 Å². The number of likely N-dealkylation sites (tertiary alicyclic amines) is 1. The van der Waals surface area contributed by atoms with Gasteiger partial charge in [-0.25, -0.2) is 0 Å². The van der Waals surface area contributed by atoms with Crippen LogP contribution in [0.25, 0.3) is 0 Å². The second-order valence-electron chi connectivity index (χ2n) is 5.51. The SMILES string of the molecule is CC1CC(CN)CN1C(=O)CSCC(=O)c1ccccc1. The zero-order chi connectivity index (χ0) is 15.2. The fraction of sp³-hybridized carbons (Fsp3) is 0.500. The average Bonchev–Trinajstić information content (AvgIpc) is 2.89. The zero-order valence-corrected chi connectivity index (χ0v) is 13.1. The molecule has 1 amide bonds. The van der Waals surface area contributed by atoms with Gasteiger partial charge in [-0.05, 0) is 25.8 Å². The van der Waals surface area contributed by atoms with E-state index in [1.165, 1.54) is 11.8 Å². The lowest BCUT2D eigenvalue weighted by Crippen LogP contribution is -2.35. The van der Waals surface area contributed by atoms with Gasteiger partial charge >= 0.3 is 0 Å². The Morgan fingerprint density at radius 2 is 2.00 bits per heavy atom. The maximum absolute atomic E-state index is 12.2. The zero-order valence-electron chi connectivity index (χ0n) is 12.3. The maximum Gasteiger partial charge on any atom is 0.232 e. The van der Waals surface area contributed by atoms with Crippen LogP contribution in [-0.4, -0.2) is 47.2 Å². The van der Waals surface area contributed by atoms with Crippen molar-refractivity contribution in [1.29, 1.82) is 0 Å². The van der Waals surface area contributed by atoms with E-state index in [1.54, 1.807) is 12.1 Å². The van der Waals surface area contributed by atoms with Crippen molar-refractivity contribution in [2.45, 2.75) is 19.4 Å². The molecule has 0 aliphatic carbocycles. The molecule has 21 heavy (non-hydrogen) atoms. The Balaban J connectivity index is 1.76. The number of carbonyl (C=O) groups excluding carboxylic acids is 2. The number of ketones is 1. The molecule has 1 heterocycles. The third kappa shape index (κ3) is 4.32. The highest BCUT2D eigenvalue weighted by atomic mass is 32.2. The average molecular weight is 306 g/mol. The first-order chi connectivity index (χ1) is 10.1. The van der Waals surface area contributed by atoms with Crippen molar-refractivity contribution in [3.63, 3.8) is 0 Å². The van der Waals surface area contributed by atoms with E-state index < -0.39 is 0 Å². The number of carbonyl (C=O) groups is 2. The van der Waals surface area contributed by atoms with Gasteiger partial charge in [-0.3, -0.25) is 9.59 Å². The van der Waals surface area contributed by atoms with Crippen LogP contribution in [0.5, 0.6) is 0 Å². The molecule has 0 saturated carbocycles. The molecule has 2 unspecified atom stereocenters. The Kier molecular flexibility index (Phi) is 5.82. The Labute approximate surface area is 130 Å². The Bertz CT molecular complexity index is 492. The van der Waals surface area contributed by atoms with Crippen molar-refractivity contribution in [3.05, 3.63) is 35.9 Å². The minimum Gasteiger partial charge on any atom is -0.339 e. The van der Waals surface area contributed by atoms with E-state index >= 15 is 0 Å². The van der Waals surface area contributed by atoms with E-state index in [-0.39, 0.29) is 17.7 Å². The van der Waals surface area contributed by atoms with Crippen LogP contribution < -0.4 is 5.73 Å². The van der Waals surface area contributed by atoms with Crippen LogP contribution in [0.1, 0.15) is 23.7 Å². The molecule has 1 aliphatic rings. The molecule has 0 spiro atoms. The van der Waals surface area contributed by atoms with E-state index in [1.807, 2.05) is 23.1 Å². The molecule has 0 bridgehead atoms. The molecule has 5 heteroatoms. The second kappa shape index (κ2) is 7.61. The number of rotatable bonds is 6. The largest absolute Gasteiger partial charge is 0.339 e. The van der Waals surface area contributed by atoms with E-state index in [0.29, 0.717) is 29.5 Å². The van der Waals surface area contributed by atoms with Crippen LogP contribution >= 0.6 is 11.8 Å². The number of amides is 1. The van der Waals surface area contributed by atoms with Gasteiger partial charge < -0.3 is 10.6 Å². The van der Waals surface area contributed by atoms with Gasteiger partial charge in [-0.15, -0.1) is 11.8 Å². The molecule has 114 valence electrons. The monoisotopic (exact) mass is 306 g/mol. The Morgan fingerprint density at radius 3 is 2.62 bits per heavy atom. The van der Waals surface area contributed by atoms with Crippen LogP contribution in [0.3, 0.4) is 0 Å². The molecule has 1 saturated heterocycles. The number of benzene rings is 1. The lowest BCUT2D eigenvalue weighted by molar-refractivity contribution is -0.128. The first-order valence-corrected chi connectivity index (χ1v) is 8.42.